The molecule has 0 saturated heterocycles. The van der Waals surface area contributed by atoms with Gasteiger partial charge in [-0.15, -0.1) is 0 Å². The Morgan fingerprint density at radius 2 is 2.06 bits per heavy atom. The molecule has 1 fully saturated rings. The van der Waals surface area contributed by atoms with Crippen LogP contribution in [0.15, 0.2) is 11.6 Å². The molecule has 0 radical (unpaired) electrons. The standard InChI is InChI=1S/C15H25NO2/c17-11-13-6-8-14(9-7-13)16-15(18)10-12-4-2-1-3-5-12/h4,13-14,17H,1-3,5-11H2,(H,16,18). The number of aliphatic hydroxyl groups excluding tert-OH is 1. The third-order valence-corrected chi connectivity index (χ3v) is 4.24. The summed E-state index contributed by atoms with van der Waals surface area (Å²) in [6, 6.07) is 0.337. The van der Waals surface area contributed by atoms with Crippen LogP contribution in [0, 0.1) is 5.92 Å². The van der Waals surface area contributed by atoms with Crippen LogP contribution < -0.4 is 5.32 Å². The van der Waals surface area contributed by atoms with Crippen molar-refractivity contribution in [1.29, 1.82) is 0 Å². The van der Waals surface area contributed by atoms with E-state index in [2.05, 4.69) is 11.4 Å². The van der Waals surface area contributed by atoms with Gasteiger partial charge in [-0.3, -0.25) is 4.79 Å². The van der Waals surface area contributed by atoms with Gasteiger partial charge in [-0.05, 0) is 57.3 Å². The molecule has 0 heterocycles. The van der Waals surface area contributed by atoms with Gasteiger partial charge in [-0.2, -0.15) is 0 Å². The summed E-state index contributed by atoms with van der Waals surface area (Å²) in [5, 5.41) is 12.2. The molecule has 1 amide bonds. The highest BCUT2D eigenvalue weighted by atomic mass is 16.3. The highest BCUT2D eigenvalue weighted by Gasteiger charge is 2.22. The van der Waals surface area contributed by atoms with Crippen molar-refractivity contribution < 1.29 is 9.90 Å². The van der Waals surface area contributed by atoms with E-state index in [0.29, 0.717) is 25.0 Å². The molecule has 102 valence electrons. The van der Waals surface area contributed by atoms with Gasteiger partial charge in [0.05, 0.1) is 0 Å². The van der Waals surface area contributed by atoms with Crippen LogP contribution in [-0.2, 0) is 4.79 Å². The Morgan fingerprint density at radius 1 is 1.28 bits per heavy atom. The minimum absolute atomic E-state index is 0.190. The zero-order chi connectivity index (χ0) is 12.8. The van der Waals surface area contributed by atoms with E-state index in [0.717, 1.165) is 38.5 Å². The molecule has 18 heavy (non-hydrogen) atoms. The summed E-state index contributed by atoms with van der Waals surface area (Å²) in [7, 11) is 0. The molecule has 0 atom stereocenters. The number of amides is 1. The molecular formula is C15H25NO2. The highest BCUT2D eigenvalue weighted by Crippen LogP contribution is 2.24. The SMILES string of the molecule is O=C(CC1=CCCCC1)NC1CCC(CO)CC1. The zero-order valence-corrected chi connectivity index (χ0v) is 11.2. The van der Waals surface area contributed by atoms with Crippen molar-refractivity contribution in [3.8, 4) is 0 Å². The van der Waals surface area contributed by atoms with E-state index in [1.54, 1.807) is 0 Å². The van der Waals surface area contributed by atoms with Gasteiger partial charge in [0.1, 0.15) is 0 Å². The fourth-order valence-corrected chi connectivity index (χ4v) is 3.04. The van der Waals surface area contributed by atoms with E-state index >= 15 is 0 Å². The van der Waals surface area contributed by atoms with Crippen molar-refractivity contribution in [3.05, 3.63) is 11.6 Å². The number of rotatable bonds is 4. The van der Waals surface area contributed by atoms with Crippen LogP contribution in [0.2, 0.25) is 0 Å². The molecule has 2 rings (SSSR count). The molecular weight excluding hydrogens is 226 g/mol. The first-order valence-corrected chi connectivity index (χ1v) is 7.36. The molecule has 3 heteroatoms. The van der Waals surface area contributed by atoms with Crippen LogP contribution in [0.4, 0.5) is 0 Å². The summed E-state index contributed by atoms with van der Waals surface area (Å²) in [5.41, 5.74) is 1.32. The summed E-state index contributed by atoms with van der Waals surface area (Å²) in [4.78, 5) is 11.9. The Labute approximate surface area is 110 Å². The summed E-state index contributed by atoms with van der Waals surface area (Å²) in [5.74, 6) is 0.648. The van der Waals surface area contributed by atoms with E-state index < -0.39 is 0 Å². The van der Waals surface area contributed by atoms with Crippen LogP contribution in [-0.4, -0.2) is 23.7 Å². The summed E-state index contributed by atoms with van der Waals surface area (Å²) >= 11 is 0. The number of carbonyl (C=O) groups is 1. The smallest absolute Gasteiger partial charge is 0.224 e. The Morgan fingerprint density at radius 3 is 2.67 bits per heavy atom. The second-order valence-corrected chi connectivity index (χ2v) is 5.75. The van der Waals surface area contributed by atoms with E-state index in [-0.39, 0.29) is 5.91 Å². The number of allylic oxidation sites excluding steroid dienone is 1. The maximum absolute atomic E-state index is 11.9. The van der Waals surface area contributed by atoms with Crippen LogP contribution in [0.25, 0.3) is 0 Å². The van der Waals surface area contributed by atoms with Gasteiger partial charge in [0.25, 0.3) is 0 Å². The van der Waals surface area contributed by atoms with Gasteiger partial charge in [0.2, 0.25) is 5.91 Å². The average Bonchev–Trinajstić information content (AvgIpc) is 2.40. The molecule has 2 aliphatic carbocycles. The maximum atomic E-state index is 11.9. The summed E-state index contributed by atoms with van der Waals surface area (Å²) in [6.45, 7) is 0.299. The molecule has 0 aromatic rings. The van der Waals surface area contributed by atoms with Gasteiger partial charge < -0.3 is 10.4 Å². The predicted molar refractivity (Wildman–Crippen MR) is 72.1 cm³/mol. The van der Waals surface area contributed by atoms with Crippen molar-refractivity contribution in [2.45, 2.75) is 63.8 Å². The second kappa shape index (κ2) is 6.93. The molecule has 0 aromatic carbocycles. The normalized spacial score (nSPS) is 28.6. The average molecular weight is 251 g/mol. The Hall–Kier alpha value is -0.830. The highest BCUT2D eigenvalue weighted by molar-refractivity contribution is 5.78. The number of hydrogen-bond donors (Lipinski definition) is 2. The minimum Gasteiger partial charge on any atom is -0.396 e. The Bertz CT molecular complexity index is 304. The summed E-state index contributed by atoms with van der Waals surface area (Å²) in [6.07, 6.45) is 11.7. The molecule has 0 aliphatic heterocycles. The van der Waals surface area contributed by atoms with Crippen molar-refractivity contribution >= 4 is 5.91 Å². The number of hydrogen-bond acceptors (Lipinski definition) is 2. The van der Waals surface area contributed by atoms with E-state index in [4.69, 9.17) is 5.11 Å². The first-order chi connectivity index (χ1) is 8.78. The molecule has 0 unspecified atom stereocenters. The monoisotopic (exact) mass is 251 g/mol. The first-order valence-electron chi connectivity index (χ1n) is 7.36. The van der Waals surface area contributed by atoms with Crippen LogP contribution in [0.3, 0.4) is 0 Å². The lowest BCUT2D eigenvalue weighted by Gasteiger charge is -2.28. The summed E-state index contributed by atoms with van der Waals surface area (Å²) < 4.78 is 0. The number of aliphatic hydroxyl groups is 1. The van der Waals surface area contributed by atoms with Gasteiger partial charge in [-0.1, -0.05) is 11.6 Å². The topological polar surface area (TPSA) is 49.3 Å². The Balaban J connectivity index is 1.69. The van der Waals surface area contributed by atoms with Gasteiger partial charge in [-0.25, -0.2) is 0 Å². The molecule has 2 N–H and O–H groups in total. The third-order valence-electron chi connectivity index (χ3n) is 4.24. The predicted octanol–water partition coefficient (Wildman–Crippen LogP) is 2.54. The third kappa shape index (κ3) is 4.13. The fourth-order valence-electron chi connectivity index (χ4n) is 3.04. The lowest BCUT2D eigenvalue weighted by atomic mass is 9.86. The first kappa shape index (κ1) is 13.6. The molecule has 0 bridgehead atoms. The van der Waals surface area contributed by atoms with Gasteiger partial charge in [0, 0.05) is 19.1 Å². The number of nitrogens with one attached hydrogen (secondary N) is 1. The molecule has 2 aliphatic rings. The number of carbonyl (C=O) groups excluding carboxylic acids is 1. The molecule has 1 saturated carbocycles. The quantitative estimate of drug-likeness (QED) is 0.754. The molecule has 0 spiro atoms. The lowest BCUT2D eigenvalue weighted by Crippen LogP contribution is -2.38. The van der Waals surface area contributed by atoms with E-state index in [1.807, 2.05) is 0 Å². The van der Waals surface area contributed by atoms with E-state index in [9.17, 15) is 4.79 Å². The lowest BCUT2D eigenvalue weighted by molar-refractivity contribution is -0.121. The molecule has 3 nitrogen and oxygen atoms in total. The van der Waals surface area contributed by atoms with Gasteiger partial charge >= 0.3 is 0 Å². The van der Waals surface area contributed by atoms with Crippen molar-refractivity contribution in [2.24, 2.45) is 5.92 Å². The largest absolute Gasteiger partial charge is 0.396 e. The fraction of sp³-hybridized carbons (Fsp3) is 0.800. The second-order valence-electron chi connectivity index (χ2n) is 5.75. The molecule has 0 aromatic heterocycles. The Kier molecular flexibility index (Phi) is 5.24. The van der Waals surface area contributed by atoms with Crippen molar-refractivity contribution in [1.82, 2.24) is 5.32 Å². The van der Waals surface area contributed by atoms with Crippen LogP contribution in [0.5, 0.6) is 0 Å². The zero-order valence-electron chi connectivity index (χ0n) is 11.2. The van der Waals surface area contributed by atoms with Crippen molar-refractivity contribution in [3.63, 3.8) is 0 Å². The minimum atomic E-state index is 0.190. The van der Waals surface area contributed by atoms with Crippen LogP contribution in [0.1, 0.15) is 57.8 Å². The maximum Gasteiger partial charge on any atom is 0.224 e. The van der Waals surface area contributed by atoms with Crippen LogP contribution >= 0.6 is 0 Å². The van der Waals surface area contributed by atoms with E-state index in [1.165, 1.54) is 18.4 Å². The van der Waals surface area contributed by atoms with Crippen molar-refractivity contribution in [2.75, 3.05) is 6.61 Å². The van der Waals surface area contributed by atoms with Gasteiger partial charge in [0.15, 0.2) is 0 Å².